The number of nitriles is 1. The van der Waals surface area contributed by atoms with Gasteiger partial charge in [0.2, 0.25) is 0 Å². The van der Waals surface area contributed by atoms with Crippen LogP contribution < -0.4 is 0 Å². The molecule has 2 heteroatoms. The van der Waals surface area contributed by atoms with E-state index in [2.05, 4.69) is 58.0 Å². The molecule has 0 spiro atoms. The molecule has 0 radical (unpaired) electrons. The average Bonchev–Trinajstić information content (AvgIpc) is 2.54. The third-order valence-corrected chi connectivity index (χ3v) is 5.05. The highest BCUT2D eigenvalue weighted by atomic mass is 35.5. The van der Waals surface area contributed by atoms with Crippen LogP contribution in [0.5, 0.6) is 0 Å². The predicted molar refractivity (Wildman–Crippen MR) is 97.9 cm³/mol. The van der Waals surface area contributed by atoms with Gasteiger partial charge in [0.15, 0.2) is 0 Å². The van der Waals surface area contributed by atoms with Crippen molar-refractivity contribution in [1.29, 1.82) is 5.26 Å². The molecule has 0 aromatic heterocycles. The monoisotopic (exact) mass is 325 g/mol. The molecule has 0 heterocycles. The van der Waals surface area contributed by atoms with E-state index in [1.54, 1.807) is 0 Å². The predicted octanol–water partition coefficient (Wildman–Crippen LogP) is 6.25. The molecule has 23 heavy (non-hydrogen) atoms. The molecule has 0 fully saturated rings. The van der Waals surface area contributed by atoms with E-state index in [0.29, 0.717) is 5.56 Å². The number of rotatable bonds is 5. The Bertz CT molecular complexity index is 688. The number of hydrogen-bond donors (Lipinski definition) is 0. The molecule has 0 bridgehead atoms. The summed E-state index contributed by atoms with van der Waals surface area (Å²) in [6.07, 6.45) is 2.16. The van der Waals surface area contributed by atoms with Crippen LogP contribution in [0.25, 0.3) is 0 Å². The van der Waals surface area contributed by atoms with E-state index in [1.165, 1.54) is 11.1 Å². The van der Waals surface area contributed by atoms with Crippen LogP contribution in [0.1, 0.15) is 57.2 Å². The van der Waals surface area contributed by atoms with Gasteiger partial charge < -0.3 is 0 Å². The second-order valence-corrected chi connectivity index (χ2v) is 7.90. The molecule has 2 aromatic carbocycles. The van der Waals surface area contributed by atoms with Crippen molar-refractivity contribution in [3.63, 3.8) is 0 Å². The van der Waals surface area contributed by atoms with Gasteiger partial charge in [0.25, 0.3) is 0 Å². The van der Waals surface area contributed by atoms with Crippen molar-refractivity contribution in [2.24, 2.45) is 0 Å². The highest BCUT2D eigenvalue weighted by Crippen LogP contribution is 2.36. The first kappa shape index (κ1) is 17.6. The van der Waals surface area contributed by atoms with Crippen molar-refractivity contribution in [1.82, 2.24) is 0 Å². The Morgan fingerprint density at radius 3 is 1.57 bits per heavy atom. The van der Waals surface area contributed by atoms with Gasteiger partial charge in [-0.15, -0.1) is 0 Å². The maximum Gasteiger partial charge on any atom is 0.0991 e. The molecule has 2 rings (SSSR count). The van der Waals surface area contributed by atoms with Crippen molar-refractivity contribution in [2.75, 3.05) is 0 Å². The van der Waals surface area contributed by atoms with Gasteiger partial charge >= 0.3 is 0 Å². The lowest BCUT2D eigenvalue weighted by Crippen LogP contribution is -2.24. The smallest absolute Gasteiger partial charge is 0.0991 e. The third kappa shape index (κ3) is 4.36. The Morgan fingerprint density at radius 1 is 0.783 bits per heavy atom. The summed E-state index contributed by atoms with van der Waals surface area (Å²) in [7, 11) is 0. The Hall–Kier alpha value is -1.78. The first-order chi connectivity index (χ1) is 10.7. The van der Waals surface area contributed by atoms with E-state index in [-0.39, 0.29) is 10.8 Å². The Kier molecular flexibility index (Phi) is 5.17. The van der Waals surface area contributed by atoms with Crippen LogP contribution in [-0.4, -0.2) is 0 Å². The Labute approximate surface area is 144 Å². The zero-order valence-corrected chi connectivity index (χ0v) is 15.1. The molecule has 2 aromatic rings. The summed E-state index contributed by atoms with van der Waals surface area (Å²) in [5.74, 6) is 0. The molecule has 0 unspecified atom stereocenters. The third-order valence-electron chi connectivity index (χ3n) is 4.80. The Balaban J connectivity index is 2.10. The van der Waals surface area contributed by atoms with Crippen LogP contribution in [-0.2, 0) is 10.8 Å². The van der Waals surface area contributed by atoms with Crippen molar-refractivity contribution in [3.05, 3.63) is 70.2 Å². The molecular weight excluding hydrogens is 302 g/mol. The van der Waals surface area contributed by atoms with Crippen molar-refractivity contribution >= 4 is 11.6 Å². The molecule has 120 valence electrons. The van der Waals surface area contributed by atoms with E-state index in [0.717, 1.165) is 17.9 Å². The first-order valence-corrected chi connectivity index (χ1v) is 8.39. The van der Waals surface area contributed by atoms with Crippen molar-refractivity contribution < 1.29 is 0 Å². The van der Waals surface area contributed by atoms with Gasteiger partial charge in [0, 0.05) is 5.02 Å². The SMILES string of the molecule is CC(C)(CCC(C)(C)c1ccc(C#N)cc1)c1ccc(Cl)cc1. The van der Waals surface area contributed by atoms with Crippen LogP contribution in [0, 0.1) is 11.3 Å². The molecule has 0 saturated heterocycles. The molecule has 0 amide bonds. The highest BCUT2D eigenvalue weighted by molar-refractivity contribution is 6.30. The van der Waals surface area contributed by atoms with Crippen LogP contribution in [0.3, 0.4) is 0 Å². The fourth-order valence-corrected chi connectivity index (χ4v) is 2.94. The highest BCUT2D eigenvalue weighted by Gasteiger charge is 2.27. The number of benzene rings is 2. The molecule has 1 nitrogen and oxygen atoms in total. The summed E-state index contributed by atoms with van der Waals surface area (Å²) in [5.41, 5.74) is 3.50. The topological polar surface area (TPSA) is 23.8 Å². The van der Waals surface area contributed by atoms with Gasteiger partial charge in [0.05, 0.1) is 11.6 Å². The maximum absolute atomic E-state index is 8.93. The summed E-state index contributed by atoms with van der Waals surface area (Å²) < 4.78 is 0. The summed E-state index contributed by atoms with van der Waals surface area (Å²) in [6.45, 7) is 9.11. The van der Waals surface area contributed by atoms with Gasteiger partial charge in [-0.05, 0) is 59.1 Å². The van der Waals surface area contributed by atoms with Crippen LogP contribution in [0.2, 0.25) is 5.02 Å². The first-order valence-electron chi connectivity index (χ1n) is 8.01. The number of halogens is 1. The van der Waals surface area contributed by atoms with E-state index >= 15 is 0 Å². The van der Waals surface area contributed by atoms with Gasteiger partial charge in [-0.3, -0.25) is 0 Å². The molecule has 0 aliphatic heterocycles. The quantitative estimate of drug-likeness (QED) is 0.637. The second kappa shape index (κ2) is 6.77. The van der Waals surface area contributed by atoms with E-state index in [1.807, 2.05) is 24.3 Å². The minimum absolute atomic E-state index is 0.0810. The van der Waals surface area contributed by atoms with Gasteiger partial charge in [-0.25, -0.2) is 0 Å². The van der Waals surface area contributed by atoms with E-state index in [9.17, 15) is 0 Å². The maximum atomic E-state index is 8.93. The van der Waals surface area contributed by atoms with Crippen LogP contribution in [0.15, 0.2) is 48.5 Å². The molecule has 0 atom stereocenters. The lowest BCUT2D eigenvalue weighted by atomic mass is 9.73. The molecule has 0 N–H and O–H groups in total. The van der Waals surface area contributed by atoms with Gasteiger partial charge in [-0.2, -0.15) is 5.26 Å². The van der Waals surface area contributed by atoms with E-state index < -0.39 is 0 Å². The van der Waals surface area contributed by atoms with Gasteiger partial charge in [0.1, 0.15) is 0 Å². The molecule has 0 aliphatic carbocycles. The fraction of sp³-hybridized carbons (Fsp3) is 0.381. The number of nitrogens with zero attached hydrogens (tertiary/aromatic N) is 1. The summed E-state index contributed by atoms with van der Waals surface area (Å²) in [6, 6.07) is 18.3. The number of hydrogen-bond acceptors (Lipinski definition) is 1. The second-order valence-electron chi connectivity index (χ2n) is 7.46. The van der Waals surface area contributed by atoms with Crippen molar-refractivity contribution in [3.8, 4) is 6.07 Å². The van der Waals surface area contributed by atoms with Crippen LogP contribution in [0.4, 0.5) is 0 Å². The summed E-state index contributed by atoms with van der Waals surface area (Å²) >= 11 is 5.99. The zero-order chi connectivity index (χ0) is 17.1. The minimum Gasteiger partial charge on any atom is -0.192 e. The van der Waals surface area contributed by atoms with Crippen molar-refractivity contribution in [2.45, 2.75) is 51.4 Å². The standard InChI is InChI=1S/C21H24ClN/c1-20(2,17-7-5-16(15-23)6-8-17)13-14-21(3,4)18-9-11-19(22)12-10-18/h5-12H,13-14H2,1-4H3. The fourth-order valence-electron chi connectivity index (χ4n) is 2.81. The molecular formula is C21H24ClN. The zero-order valence-electron chi connectivity index (χ0n) is 14.4. The normalized spacial score (nSPS) is 12.0. The van der Waals surface area contributed by atoms with Crippen LogP contribution >= 0.6 is 11.6 Å². The van der Waals surface area contributed by atoms with Gasteiger partial charge in [-0.1, -0.05) is 63.6 Å². The largest absolute Gasteiger partial charge is 0.192 e. The lowest BCUT2D eigenvalue weighted by molar-refractivity contribution is 0.375. The summed E-state index contributed by atoms with van der Waals surface area (Å²) in [5, 5.41) is 9.71. The van der Waals surface area contributed by atoms with E-state index in [4.69, 9.17) is 16.9 Å². The minimum atomic E-state index is 0.0810. The lowest BCUT2D eigenvalue weighted by Gasteiger charge is -2.32. The average molecular weight is 326 g/mol. The Morgan fingerprint density at radius 2 is 1.17 bits per heavy atom. The molecule has 0 saturated carbocycles. The summed E-state index contributed by atoms with van der Waals surface area (Å²) in [4.78, 5) is 0. The molecule has 0 aliphatic rings.